The summed E-state index contributed by atoms with van der Waals surface area (Å²) in [6, 6.07) is 9.78. The fourth-order valence-electron chi connectivity index (χ4n) is 3.07. The van der Waals surface area contributed by atoms with E-state index in [4.69, 9.17) is 0 Å². The second kappa shape index (κ2) is 9.42. The molecule has 0 spiro atoms. The summed E-state index contributed by atoms with van der Waals surface area (Å²) in [5.41, 5.74) is 0.927. The van der Waals surface area contributed by atoms with Crippen LogP contribution in [0.2, 0.25) is 0 Å². The number of hydrogen-bond donors (Lipinski definition) is 2. The number of benzene rings is 1. The average molecular weight is 347 g/mol. The zero-order valence-electron chi connectivity index (χ0n) is 15.1. The molecule has 1 aliphatic rings. The lowest BCUT2D eigenvalue weighted by Crippen LogP contribution is -2.49. The van der Waals surface area contributed by atoms with Gasteiger partial charge in [0.05, 0.1) is 12.6 Å². The number of para-hydroxylation sites is 1. The topological polar surface area (TPSA) is 72.9 Å². The van der Waals surface area contributed by atoms with Gasteiger partial charge in [-0.3, -0.25) is 9.59 Å². The second-order valence-corrected chi connectivity index (χ2v) is 6.63. The molecule has 1 aliphatic heterocycles. The van der Waals surface area contributed by atoms with Crippen LogP contribution in [0.15, 0.2) is 30.3 Å². The van der Waals surface area contributed by atoms with Crippen LogP contribution >= 0.6 is 0 Å². The number of likely N-dealkylation sites (tertiary alicyclic amines) is 1. The van der Waals surface area contributed by atoms with E-state index in [1.807, 2.05) is 47.1 Å². The van der Waals surface area contributed by atoms with Crippen molar-refractivity contribution in [2.45, 2.75) is 45.3 Å². The highest BCUT2D eigenvalue weighted by Gasteiger charge is 2.23. The largest absolute Gasteiger partial charge is 0.391 e. The van der Waals surface area contributed by atoms with Crippen LogP contribution in [0.25, 0.3) is 0 Å². The van der Waals surface area contributed by atoms with E-state index in [9.17, 15) is 14.7 Å². The molecule has 2 N–H and O–H groups in total. The summed E-state index contributed by atoms with van der Waals surface area (Å²) in [4.78, 5) is 27.6. The minimum Gasteiger partial charge on any atom is -0.391 e. The number of anilines is 1. The van der Waals surface area contributed by atoms with Crippen molar-refractivity contribution in [3.8, 4) is 0 Å². The van der Waals surface area contributed by atoms with E-state index in [1.165, 1.54) is 0 Å². The zero-order chi connectivity index (χ0) is 18.2. The van der Waals surface area contributed by atoms with E-state index in [0.717, 1.165) is 18.5 Å². The number of aliphatic hydroxyl groups excluding tert-OH is 1. The summed E-state index contributed by atoms with van der Waals surface area (Å²) in [6.07, 6.45) is 1.75. The molecule has 25 heavy (non-hydrogen) atoms. The number of nitrogens with one attached hydrogen (secondary N) is 1. The highest BCUT2D eigenvalue weighted by Crippen LogP contribution is 2.15. The molecule has 1 aromatic rings. The highest BCUT2D eigenvalue weighted by atomic mass is 16.3. The Morgan fingerprint density at radius 1 is 1.28 bits per heavy atom. The molecule has 6 heteroatoms. The Balaban J connectivity index is 1.90. The zero-order valence-corrected chi connectivity index (χ0v) is 15.1. The average Bonchev–Trinajstić information content (AvgIpc) is 2.62. The number of aliphatic hydroxyl groups is 1. The molecule has 1 aromatic carbocycles. The van der Waals surface area contributed by atoms with Gasteiger partial charge < -0.3 is 20.2 Å². The lowest BCUT2D eigenvalue weighted by Gasteiger charge is -2.32. The first-order chi connectivity index (χ1) is 12.0. The molecule has 6 nitrogen and oxygen atoms in total. The molecule has 0 saturated carbocycles. The van der Waals surface area contributed by atoms with Crippen LogP contribution in [0.3, 0.4) is 0 Å². The molecule has 2 rings (SSSR count). The van der Waals surface area contributed by atoms with Crippen LogP contribution in [-0.2, 0) is 9.59 Å². The molecular formula is C19H29N3O3. The number of piperidine rings is 1. The Bertz CT molecular complexity index is 556. The van der Waals surface area contributed by atoms with Gasteiger partial charge in [0.1, 0.15) is 0 Å². The number of nitrogens with zero attached hydrogens (tertiary/aromatic N) is 2. The molecule has 0 aromatic heterocycles. The van der Waals surface area contributed by atoms with Crippen LogP contribution in [0.1, 0.15) is 33.1 Å². The molecule has 1 heterocycles. The Labute approximate surface area is 149 Å². The number of rotatable bonds is 7. The van der Waals surface area contributed by atoms with E-state index in [-0.39, 0.29) is 24.4 Å². The van der Waals surface area contributed by atoms with Crippen LogP contribution < -0.4 is 10.2 Å². The van der Waals surface area contributed by atoms with Gasteiger partial charge in [-0.1, -0.05) is 25.1 Å². The van der Waals surface area contributed by atoms with Crippen molar-refractivity contribution in [1.29, 1.82) is 0 Å². The lowest BCUT2D eigenvalue weighted by molar-refractivity contribution is -0.130. The SMILES string of the molecule is CC[C@H](O)CN(CC(=O)NC1CCN(C(C)=O)CC1)c1ccccc1. The minimum atomic E-state index is -0.466. The Morgan fingerprint density at radius 3 is 2.48 bits per heavy atom. The van der Waals surface area contributed by atoms with Gasteiger partial charge in [0.15, 0.2) is 0 Å². The number of amides is 2. The van der Waals surface area contributed by atoms with E-state index in [1.54, 1.807) is 6.92 Å². The standard InChI is InChI=1S/C19H29N3O3/c1-3-18(24)13-22(17-7-5-4-6-8-17)14-19(25)20-16-9-11-21(12-10-16)15(2)23/h4-8,16,18,24H,3,9-14H2,1-2H3,(H,20,25)/t18-/m0/s1. The molecule has 0 aliphatic carbocycles. The van der Waals surface area contributed by atoms with E-state index in [0.29, 0.717) is 26.1 Å². The van der Waals surface area contributed by atoms with Crippen LogP contribution in [-0.4, -0.2) is 60.1 Å². The van der Waals surface area contributed by atoms with Crippen molar-refractivity contribution in [2.24, 2.45) is 0 Å². The predicted octanol–water partition coefficient (Wildman–Crippen LogP) is 1.39. The third-order valence-electron chi connectivity index (χ3n) is 4.66. The molecule has 0 unspecified atom stereocenters. The smallest absolute Gasteiger partial charge is 0.239 e. The number of hydrogen-bond acceptors (Lipinski definition) is 4. The van der Waals surface area contributed by atoms with Gasteiger partial charge in [-0.25, -0.2) is 0 Å². The molecule has 1 fully saturated rings. The summed E-state index contributed by atoms with van der Waals surface area (Å²) >= 11 is 0. The minimum absolute atomic E-state index is 0.0477. The number of carbonyl (C=O) groups is 2. The predicted molar refractivity (Wildman–Crippen MR) is 98.4 cm³/mol. The van der Waals surface area contributed by atoms with Gasteiger partial charge >= 0.3 is 0 Å². The van der Waals surface area contributed by atoms with Crippen molar-refractivity contribution in [3.05, 3.63) is 30.3 Å². The fraction of sp³-hybridized carbons (Fsp3) is 0.579. The van der Waals surface area contributed by atoms with Gasteiger partial charge in [0.2, 0.25) is 11.8 Å². The van der Waals surface area contributed by atoms with Crippen molar-refractivity contribution < 1.29 is 14.7 Å². The summed E-state index contributed by atoms with van der Waals surface area (Å²) in [5.74, 6) is 0.0435. The Kier molecular flexibility index (Phi) is 7.25. The third-order valence-corrected chi connectivity index (χ3v) is 4.66. The van der Waals surface area contributed by atoms with Crippen molar-refractivity contribution in [2.75, 3.05) is 31.1 Å². The Morgan fingerprint density at radius 2 is 1.92 bits per heavy atom. The van der Waals surface area contributed by atoms with Gasteiger partial charge in [-0.15, -0.1) is 0 Å². The third kappa shape index (κ3) is 6.05. The maximum atomic E-state index is 12.5. The Hall–Kier alpha value is -2.08. The van der Waals surface area contributed by atoms with E-state index in [2.05, 4.69) is 5.32 Å². The molecule has 0 bridgehead atoms. The van der Waals surface area contributed by atoms with Gasteiger partial charge in [0, 0.05) is 38.3 Å². The van der Waals surface area contributed by atoms with Gasteiger partial charge in [-0.05, 0) is 31.4 Å². The van der Waals surface area contributed by atoms with Crippen LogP contribution in [0.4, 0.5) is 5.69 Å². The summed E-state index contributed by atoms with van der Waals surface area (Å²) in [6.45, 7) is 5.53. The quantitative estimate of drug-likeness (QED) is 0.782. The monoisotopic (exact) mass is 347 g/mol. The normalized spacial score (nSPS) is 16.4. The van der Waals surface area contributed by atoms with Crippen molar-refractivity contribution in [3.63, 3.8) is 0 Å². The molecule has 0 radical (unpaired) electrons. The first kappa shape index (κ1) is 19.2. The number of carbonyl (C=O) groups excluding carboxylic acids is 2. The van der Waals surface area contributed by atoms with Crippen molar-refractivity contribution >= 4 is 17.5 Å². The summed E-state index contributed by atoms with van der Waals surface area (Å²) in [5, 5.41) is 13.1. The second-order valence-electron chi connectivity index (χ2n) is 6.63. The first-order valence-electron chi connectivity index (χ1n) is 9.02. The lowest BCUT2D eigenvalue weighted by atomic mass is 10.0. The summed E-state index contributed by atoms with van der Waals surface area (Å²) in [7, 11) is 0. The molecule has 2 amide bonds. The van der Waals surface area contributed by atoms with Crippen LogP contribution in [0, 0.1) is 0 Å². The molecular weight excluding hydrogens is 318 g/mol. The maximum Gasteiger partial charge on any atom is 0.239 e. The summed E-state index contributed by atoms with van der Waals surface area (Å²) < 4.78 is 0. The highest BCUT2D eigenvalue weighted by molar-refractivity contribution is 5.81. The maximum absolute atomic E-state index is 12.5. The van der Waals surface area contributed by atoms with Crippen LogP contribution in [0.5, 0.6) is 0 Å². The van der Waals surface area contributed by atoms with Gasteiger partial charge in [-0.2, -0.15) is 0 Å². The fourth-order valence-corrected chi connectivity index (χ4v) is 3.07. The molecule has 1 atom stereocenters. The first-order valence-corrected chi connectivity index (χ1v) is 9.02. The molecule has 1 saturated heterocycles. The van der Waals surface area contributed by atoms with Crippen molar-refractivity contribution in [1.82, 2.24) is 10.2 Å². The van der Waals surface area contributed by atoms with Gasteiger partial charge in [0.25, 0.3) is 0 Å². The van der Waals surface area contributed by atoms with E-state index >= 15 is 0 Å². The van der Waals surface area contributed by atoms with E-state index < -0.39 is 6.10 Å². The molecule has 138 valence electrons.